The molecule has 124 valence electrons. The zero-order chi connectivity index (χ0) is 17.1. The van der Waals surface area contributed by atoms with E-state index in [1.165, 1.54) is 0 Å². The van der Waals surface area contributed by atoms with Crippen LogP contribution >= 0.6 is 0 Å². The first-order valence-corrected chi connectivity index (χ1v) is 8.23. The van der Waals surface area contributed by atoms with Gasteiger partial charge in [-0.2, -0.15) is 5.10 Å². The van der Waals surface area contributed by atoms with E-state index in [2.05, 4.69) is 38.7 Å². The van der Waals surface area contributed by atoms with Crippen LogP contribution in [-0.4, -0.2) is 22.8 Å². The summed E-state index contributed by atoms with van der Waals surface area (Å²) < 4.78 is 5.75. The van der Waals surface area contributed by atoms with Crippen molar-refractivity contribution in [3.05, 3.63) is 66.2 Å². The number of nitrogens with zero attached hydrogens (tertiary/aromatic N) is 2. The lowest BCUT2D eigenvalue weighted by Gasteiger charge is -2.10. The molecule has 0 bridgehead atoms. The molecule has 2 N–H and O–H groups in total. The van der Waals surface area contributed by atoms with Gasteiger partial charge in [0.1, 0.15) is 5.75 Å². The van der Waals surface area contributed by atoms with E-state index in [1.807, 2.05) is 49.4 Å². The summed E-state index contributed by atoms with van der Waals surface area (Å²) in [7, 11) is 0. The van der Waals surface area contributed by atoms with Crippen LogP contribution in [0.2, 0.25) is 0 Å². The van der Waals surface area contributed by atoms with E-state index in [-0.39, 0.29) is 0 Å². The number of H-pyrrole nitrogens is 1. The van der Waals surface area contributed by atoms with Gasteiger partial charge in [0, 0.05) is 5.56 Å². The van der Waals surface area contributed by atoms with Crippen LogP contribution in [0.3, 0.4) is 0 Å². The van der Waals surface area contributed by atoms with Crippen molar-refractivity contribution in [1.29, 1.82) is 0 Å². The molecule has 0 saturated heterocycles. The van der Waals surface area contributed by atoms with E-state index in [4.69, 9.17) is 4.74 Å². The summed E-state index contributed by atoms with van der Waals surface area (Å²) in [5, 5.41) is 6.60. The lowest BCUT2D eigenvalue weighted by Crippen LogP contribution is -1.99. The minimum atomic E-state index is 0.607. The van der Waals surface area contributed by atoms with Crippen LogP contribution in [0.1, 0.15) is 12.5 Å². The summed E-state index contributed by atoms with van der Waals surface area (Å²) in [6, 6.07) is 20.1. The average molecular weight is 330 g/mol. The lowest BCUT2D eigenvalue weighted by molar-refractivity contribution is 0.340. The summed E-state index contributed by atoms with van der Waals surface area (Å²) in [6.07, 6.45) is 1.78. The van der Waals surface area contributed by atoms with Crippen molar-refractivity contribution < 1.29 is 4.74 Å². The molecule has 0 amide bonds. The zero-order valence-corrected chi connectivity index (χ0v) is 13.9. The zero-order valence-electron chi connectivity index (χ0n) is 13.9. The SMILES string of the molecule is CCOc1ccc2ccccc2c1/C=N/Nc1nc2ccccc2[nH]1. The molecule has 5 heteroatoms. The van der Waals surface area contributed by atoms with Crippen LogP contribution in [0.25, 0.3) is 21.8 Å². The summed E-state index contributed by atoms with van der Waals surface area (Å²) in [5.74, 6) is 1.42. The number of hydrogen-bond donors (Lipinski definition) is 2. The van der Waals surface area contributed by atoms with Gasteiger partial charge in [-0.3, -0.25) is 0 Å². The third-order valence-corrected chi connectivity index (χ3v) is 3.98. The number of fused-ring (bicyclic) bond motifs is 2. The number of hydrogen-bond acceptors (Lipinski definition) is 4. The lowest BCUT2D eigenvalue weighted by atomic mass is 10.0. The number of nitrogens with one attached hydrogen (secondary N) is 2. The quantitative estimate of drug-likeness (QED) is 0.416. The van der Waals surface area contributed by atoms with Gasteiger partial charge in [-0.1, -0.05) is 42.5 Å². The highest BCUT2D eigenvalue weighted by Gasteiger charge is 2.07. The van der Waals surface area contributed by atoms with Gasteiger partial charge in [-0.25, -0.2) is 10.4 Å². The molecule has 0 radical (unpaired) electrons. The summed E-state index contributed by atoms with van der Waals surface area (Å²) >= 11 is 0. The summed E-state index contributed by atoms with van der Waals surface area (Å²) in [4.78, 5) is 7.64. The highest BCUT2D eigenvalue weighted by atomic mass is 16.5. The van der Waals surface area contributed by atoms with E-state index < -0.39 is 0 Å². The Balaban J connectivity index is 1.66. The normalized spacial score (nSPS) is 11.4. The number of hydrazone groups is 1. The Labute approximate surface area is 145 Å². The fourth-order valence-corrected chi connectivity index (χ4v) is 2.85. The van der Waals surface area contributed by atoms with Crippen LogP contribution in [0, 0.1) is 0 Å². The molecule has 3 aromatic carbocycles. The smallest absolute Gasteiger partial charge is 0.222 e. The predicted molar refractivity (Wildman–Crippen MR) is 102 cm³/mol. The highest BCUT2D eigenvalue weighted by Crippen LogP contribution is 2.26. The first-order chi connectivity index (χ1) is 12.3. The average Bonchev–Trinajstić information content (AvgIpc) is 3.06. The van der Waals surface area contributed by atoms with Crippen molar-refractivity contribution in [2.45, 2.75) is 6.92 Å². The molecule has 1 aromatic heterocycles. The van der Waals surface area contributed by atoms with Crippen molar-refractivity contribution in [2.24, 2.45) is 5.10 Å². The van der Waals surface area contributed by atoms with E-state index in [0.29, 0.717) is 12.6 Å². The molecule has 4 aromatic rings. The van der Waals surface area contributed by atoms with Gasteiger partial charge >= 0.3 is 0 Å². The topological polar surface area (TPSA) is 62.3 Å². The Kier molecular flexibility index (Phi) is 4.04. The first kappa shape index (κ1) is 15.2. The molecule has 0 aliphatic rings. The minimum Gasteiger partial charge on any atom is -0.493 e. The van der Waals surface area contributed by atoms with Gasteiger partial charge in [0.2, 0.25) is 5.95 Å². The van der Waals surface area contributed by atoms with Gasteiger partial charge in [0.05, 0.1) is 23.9 Å². The number of anilines is 1. The number of benzene rings is 3. The van der Waals surface area contributed by atoms with Crippen LogP contribution < -0.4 is 10.2 Å². The molecule has 0 atom stereocenters. The summed E-state index contributed by atoms with van der Waals surface area (Å²) in [6.45, 7) is 2.58. The summed E-state index contributed by atoms with van der Waals surface area (Å²) in [5.41, 5.74) is 5.79. The molecule has 0 unspecified atom stereocenters. The molecular formula is C20H18N4O. The first-order valence-electron chi connectivity index (χ1n) is 8.23. The molecule has 1 heterocycles. The van der Waals surface area contributed by atoms with Gasteiger partial charge < -0.3 is 9.72 Å². The van der Waals surface area contributed by atoms with Crippen LogP contribution in [0.5, 0.6) is 5.75 Å². The number of para-hydroxylation sites is 2. The Hall–Kier alpha value is -3.34. The number of aromatic nitrogens is 2. The Morgan fingerprint density at radius 2 is 1.92 bits per heavy atom. The molecule has 0 aliphatic carbocycles. The fraction of sp³-hybridized carbons (Fsp3) is 0.100. The van der Waals surface area contributed by atoms with Crippen LogP contribution in [-0.2, 0) is 0 Å². The van der Waals surface area contributed by atoms with Gasteiger partial charge in [0.25, 0.3) is 0 Å². The standard InChI is InChI=1S/C20H18N4O/c1-2-25-19-12-11-14-7-3-4-8-15(14)16(19)13-21-24-20-22-17-9-5-6-10-18(17)23-20/h3-13H,2H2,1H3,(H2,22,23,24)/b21-13+. The number of rotatable bonds is 5. The number of imidazole rings is 1. The Morgan fingerprint density at radius 1 is 1.08 bits per heavy atom. The van der Waals surface area contributed by atoms with Gasteiger partial charge in [-0.05, 0) is 35.9 Å². The van der Waals surface area contributed by atoms with E-state index in [9.17, 15) is 0 Å². The maximum Gasteiger partial charge on any atom is 0.222 e. The molecule has 5 nitrogen and oxygen atoms in total. The molecule has 0 saturated carbocycles. The van der Waals surface area contributed by atoms with E-state index >= 15 is 0 Å². The molecule has 0 fully saturated rings. The maximum absolute atomic E-state index is 5.75. The van der Waals surface area contributed by atoms with Crippen LogP contribution in [0.15, 0.2) is 65.8 Å². The van der Waals surface area contributed by atoms with Gasteiger partial charge in [0.15, 0.2) is 0 Å². The van der Waals surface area contributed by atoms with Gasteiger partial charge in [-0.15, -0.1) is 0 Å². The number of ether oxygens (including phenoxy) is 1. The third-order valence-electron chi connectivity index (χ3n) is 3.98. The Morgan fingerprint density at radius 3 is 2.80 bits per heavy atom. The van der Waals surface area contributed by atoms with Crippen molar-refractivity contribution in [2.75, 3.05) is 12.0 Å². The second-order valence-corrected chi connectivity index (χ2v) is 5.60. The fourth-order valence-electron chi connectivity index (χ4n) is 2.85. The molecular weight excluding hydrogens is 312 g/mol. The van der Waals surface area contributed by atoms with Crippen molar-refractivity contribution >= 4 is 34.0 Å². The molecule has 25 heavy (non-hydrogen) atoms. The highest BCUT2D eigenvalue weighted by molar-refractivity contribution is 6.02. The third kappa shape index (κ3) is 3.04. The van der Waals surface area contributed by atoms with Crippen molar-refractivity contribution in [3.63, 3.8) is 0 Å². The molecule has 4 rings (SSSR count). The van der Waals surface area contributed by atoms with E-state index in [0.717, 1.165) is 33.1 Å². The van der Waals surface area contributed by atoms with E-state index in [1.54, 1.807) is 6.21 Å². The Bertz CT molecular complexity index is 1020. The molecule has 0 spiro atoms. The molecule has 0 aliphatic heterocycles. The van der Waals surface area contributed by atoms with Crippen molar-refractivity contribution in [1.82, 2.24) is 9.97 Å². The van der Waals surface area contributed by atoms with Crippen LogP contribution in [0.4, 0.5) is 5.95 Å². The predicted octanol–water partition coefficient (Wildman–Crippen LogP) is 4.56. The largest absolute Gasteiger partial charge is 0.493 e. The minimum absolute atomic E-state index is 0.607. The van der Waals surface area contributed by atoms with Crippen molar-refractivity contribution in [3.8, 4) is 5.75 Å². The monoisotopic (exact) mass is 330 g/mol. The second-order valence-electron chi connectivity index (χ2n) is 5.60. The maximum atomic E-state index is 5.75. The second kappa shape index (κ2) is 6.65. The number of aromatic amines is 1.